The molecule has 0 unspecified atom stereocenters. The monoisotopic (exact) mass is 208 g/mol. The molecule has 0 aliphatic heterocycles. The molecule has 0 radical (unpaired) electrons. The molecule has 15 heavy (non-hydrogen) atoms. The average molecular weight is 208 g/mol. The summed E-state index contributed by atoms with van der Waals surface area (Å²) in [5, 5.41) is 0. The summed E-state index contributed by atoms with van der Waals surface area (Å²) in [4.78, 5) is 10.5. The first-order chi connectivity index (χ1) is 7.22. The van der Waals surface area contributed by atoms with E-state index < -0.39 is 0 Å². The van der Waals surface area contributed by atoms with E-state index in [1.807, 2.05) is 0 Å². The predicted molar refractivity (Wildman–Crippen MR) is 57.5 cm³/mol. The minimum Gasteiger partial charge on any atom is -0.367 e. The minimum atomic E-state index is 0.0222. The largest absolute Gasteiger partial charge is 0.367 e. The van der Waals surface area contributed by atoms with Gasteiger partial charge in [-0.15, -0.1) is 0 Å². The SMILES string of the molecule is CC1(OCC=O)C2CC3CC(C2)CC1C3. The van der Waals surface area contributed by atoms with E-state index in [0.717, 1.165) is 30.0 Å². The van der Waals surface area contributed by atoms with Crippen molar-refractivity contribution in [3.8, 4) is 0 Å². The molecule has 4 aliphatic carbocycles. The highest BCUT2D eigenvalue weighted by Gasteiger charge is 2.55. The Morgan fingerprint density at radius 1 is 1.13 bits per heavy atom. The van der Waals surface area contributed by atoms with Gasteiger partial charge < -0.3 is 9.53 Å². The fourth-order valence-corrected chi connectivity index (χ4v) is 4.57. The van der Waals surface area contributed by atoms with Crippen molar-refractivity contribution < 1.29 is 9.53 Å². The number of hydrogen-bond acceptors (Lipinski definition) is 2. The van der Waals surface area contributed by atoms with Crippen molar-refractivity contribution in [1.29, 1.82) is 0 Å². The number of hydrogen-bond donors (Lipinski definition) is 0. The van der Waals surface area contributed by atoms with E-state index in [2.05, 4.69) is 6.92 Å². The molecule has 0 heterocycles. The molecular formula is C13H20O2. The Morgan fingerprint density at radius 2 is 1.67 bits per heavy atom. The third-order valence-electron chi connectivity index (χ3n) is 5.22. The number of ether oxygens (including phenoxy) is 1. The van der Waals surface area contributed by atoms with Crippen LogP contribution >= 0.6 is 0 Å². The maximum Gasteiger partial charge on any atom is 0.145 e. The highest BCUT2D eigenvalue weighted by molar-refractivity contribution is 5.50. The lowest BCUT2D eigenvalue weighted by Crippen LogP contribution is -2.57. The smallest absolute Gasteiger partial charge is 0.145 e. The molecule has 0 aromatic carbocycles. The predicted octanol–water partition coefficient (Wildman–Crippen LogP) is 2.42. The van der Waals surface area contributed by atoms with Gasteiger partial charge in [0.1, 0.15) is 12.9 Å². The van der Waals surface area contributed by atoms with Crippen molar-refractivity contribution in [2.24, 2.45) is 23.7 Å². The first-order valence-electron chi connectivity index (χ1n) is 6.30. The molecule has 4 rings (SSSR count). The van der Waals surface area contributed by atoms with Crippen molar-refractivity contribution in [2.45, 2.75) is 44.6 Å². The van der Waals surface area contributed by atoms with Crippen molar-refractivity contribution in [3.05, 3.63) is 0 Å². The second kappa shape index (κ2) is 3.31. The van der Waals surface area contributed by atoms with Crippen molar-refractivity contribution in [1.82, 2.24) is 0 Å². The van der Waals surface area contributed by atoms with Gasteiger partial charge in [0.05, 0.1) is 5.60 Å². The highest BCUT2D eigenvalue weighted by atomic mass is 16.5. The van der Waals surface area contributed by atoms with E-state index in [4.69, 9.17) is 4.74 Å². The third-order valence-corrected chi connectivity index (χ3v) is 5.22. The summed E-state index contributed by atoms with van der Waals surface area (Å²) >= 11 is 0. The first-order valence-corrected chi connectivity index (χ1v) is 6.30. The van der Waals surface area contributed by atoms with Crippen LogP contribution in [0.25, 0.3) is 0 Å². The summed E-state index contributed by atoms with van der Waals surface area (Å²) in [5.41, 5.74) is 0.0222. The molecule has 0 aromatic heterocycles. The van der Waals surface area contributed by atoms with E-state index in [1.165, 1.54) is 32.1 Å². The lowest BCUT2D eigenvalue weighted by Gasteiger charge is -2.59. The topological polar surface area (TPSA) is 26.3 Å². The Morgan fingerprint density at radius 3 is 2.13 bits per heavy atom. The number of aldehydes is 1. The van der Waals surface area contributed by atoms with Gasteiger partial charge in [0, 0.05) is 0 Å². The van der Waals surface area contributed by atoms with Crippen LogP contribution in [-0.2, 0) is 9.53 Å². The Kier molecular flexibility index (Phi) is 2.17. The fraction of sp³-hybridized carbons (Fsp3) is 0.923. The molecule has 0 spiro atoms. The van der Waals surface area contributed by atoms with Gasteiger partial charge in [-0.1, -0.05) is 0 Å². The van der Waals surface area contributed by atoms with Crippen molar-refractivity contribution in [2.75, 3.05) is 6.61 Å². The maximum atomic E-state index is 10.5. The van der Waals surface area contributed by atoms with Crippen LogP contribution in [0.4, 0.5) is 0 Å². The van der Waals surface area contributed by atoms with E-state index in [9.17, 15) is 4.79 Å². The number of carbonyl (C=O) groups is 1. The molecule has 0 atom stereocenters. The number of carbonyl (C=O) groups excluding carboxylic acids is 1. The molecule has 4 fully saturated rings. The van der Waals surface area contributed by atoms with E-state index in [1.54, 1.807) is 0 Å². The summed E-state index contributed by atoms with van der Waals surface area (Å²) < 4.78 is 5.89. The van der Waals surface area contributed by atoms with Crippen LogP contribution in [-0.4, -0.2) is 18.5 Å². The lowest BCUT2D eigenvalue weighted by atomic mass is 9.50. The second-order valence-electron chi connectivity index (χ2n) is 5.97. The van der Waals surface area contributed by atoms with Crippen LogP contribution in [0.1, 0.15) is 39.0 Å². The Balaban J connectivity index is 1.81. The van der Waals surface area contributed by atoms with Crippen LogP contribution in [0.2, 0.25) is 0 Å². The van der Waals surface area contributed by atoms with Gasteiger partial charge in [0.25, 0.3) is 0 Å². The summed E-state index contributed by atoms with van der Waals surface area (Å²) in [6.07, 6.45) is 7.77. The Hall–Kier alpha value is -0.370. The fourth-order valence-electron chi connectivity index (χ4n) is 4.57. The molecule has 0 amide bonds. The lowest BCUT2D eigenvalue weighted by molar-refractivity contribution is -0.192. The summed E-state index contributed by atoms with van der Waals surface area (Å²) in [6.45, 7) is 2.54. The zero-order chi connectivity index (χ0) is 10.5. The molecule has 0 aromatic rings. The Bertz CT molecular complexity index is 244. The second-order valence-corrected chi connectivity index (χ2v) is 5.97. The zero-order valence-corrected chi connectivity index (χ0v) is 9.45. The molecule has 0 saturated heterocycles. The van der Waals surface area contributed by atoms with Gasteiger partial charge in [0.2, 0.25) is 0 Å². The number of rotatable bonds is 3. The van der Waals surface area contributed by atoms with Gasteiger partial charge in [-0.3, -0.25) is 0 Å². The third kappa shape index (κ3) is 1.37. The van der Waals surface area contributed by atoms with E-state index in [-0.39, 0.29) is 5.60 Å². The minimum absolute atomic E-state index is 0.0222. The molecular weight excluding hydrogens is 188 g/mol. The maximum absolute atomic E-state index is 10.5. The molecule has 2 heteroatoms. The van der Waals surface area contributed by atoms with Crippen molar-refractivity contribution in [3.63, 3.8) is 0 Å². The van der Waals surface area contributed by atoms with Gasteiger partial charge >= 0.3 is 0 Å². The van der Waals surface area contributed by atoms with Crippen LogP contribution in [0.5, 0.6) is 0 Å². The van der Waals surface area contributed by atoms with Gasteiger partial charge in [-0.05, 0) is 62.7 Å². The van der Waals surface area contributed by atoms with Crippen LogP contribution < -0.4 is 0 Å². The average Bonchev–Trinajstić information content (AvgIpc) is 2.22. The first kappa shape index (κ1) is 9.83. The molecule has 4 bridgehead atoms. The molecule has 4 saturated carbocycles. The molecule has 0 N–H and O–H groups in total. The van der Waals surface area contributed by atoms with Gasteiger partial charge in [-0.2, -0.15) is 0 Å². The van der Waals surface area contributed by atoms with E-state index in [0.29, 0.717) is 6.61 Å². The van der Waals surface area contributed by atoms with Gasteiger partial charge in [-0.25, -0.2) is 0 Å². The zero-order valence-electron chi connectivity index (χ0n) is 9.45. The molecule has 84 valence electrons. The molecule has 4 aliphatic rings. The highest BCUT2D eigenvalue weighted by Crippen LogP contribution is 2.59. The van der Waals surface area contributed by atoms with E-state index >= 15 is 0 Å². The van der Waals surface area contributed by atoms with Crippen LogP contribution in [0, 0.1) is 23.7 Å². The summed E-state index contributed by atoms with van der Waals surface area (Å²) in [5.74, 6) is 3.41. The van der Waals surface area contributed by atoms with Gasteiger partial charge in [0.15, 0.2) is 0 Å². The van der Waals surface area contributed by atoms with Crippen LogP contribution in [0.3, 0.4) is 0 Å². The normalized spacial score (nSPS) is 52.1. The van der Waals surface area contributed by atoms with Crippen LogP contribution in [0.15, 0.2) is 0 Å². The summed E-state index contributed by atoms with van der Waals surface area (Å²) in [7, 11) is 0. The summed E-state index contributed by atoms with van der Waals surface area (Å²) in [6, 6.07) is 0. The van der Waals surface area contributed by atoms with Crippen molar-refractivity contribution >= 4 is 6.29 Å². The molecule has 2 nitrogen and oxygen atoms in total. The quantitative estimate of drug-likeness (QED) is 0.666. The standard InChI is InChI=1S/C13H20O2/c1-13(15-3-2-14)11-5-9-4-10(7-11)8-12(13)6-9/h2,9-12H,3-8H2,1H3. The Labute approximate surface area is 91.4 Å².